The van der Waals surface area contributed by atoms with E-state index in [4.69, 9.17) is 4.74 Å². The lowest BCUT2D eigenvalue weighted by atomic mass is 10.1. The fourth-order valence-corrected chi connectivity index (χ4v) is 1.64. The van der Waals surface area contributed by atoms with Crippen molar-refractivity contribution in [2.75, 3.05) is 40.5 Å². The van der Waals surface area contributed by atoms with Crippen LogP contribution in [0, 0.1) is 0 Å². The third kappa shape index (κ3) is 11.8. The third-order valence-corrected chi connectivity index (χ3v) is 2.73. The first-order valence-corrected chi connectivity index (χ1v) is 7.32. The number of aliphatic imine (C=N–C) groups is 1. The fraction of sp³-hybridized carbons (Fsp3) is 0.857. The van der Waals surface area contributed by atoms with Crippen molar-refractivity contribution >= 4 is 11.9 Å². The van der Waals surface area contributed by atoms with E-state index in [2.05, 4.69) is 20.4 Å². The van der Waals surface area contributed by atoms with Gasteiger partial charge in [0, 0.05) is 33.2 Å². The van der Waals surface area contributed by atoms with Crippen molar-refractivity contribution in [3.8, 4) is 0 Å². The summed E-state index contributed by atoms with van der Waals surface area (Å²) in [6.45, 7) is 5.10. The second-order valence-corrected chi connectivity index (χ2v) is 4.42. The zero-order valence-electron chi connectivity index (χ0n) is 13.0. The maximum Gasteiger partial charge on any atom is 0.305 e. The van der Waals surface area contributed by atoms with Crippen LogP contribution >= 0.6 is 0 Å². The van der Waals surface area contributed by atoms with E-state index in [9.17, 15) is 4.79 Å². The minimum atomic E-state index is -0.125. The van der Waals surface area contributed by atoms with Crippen LogP contribution in [0.1, 0.15) is 39.0 Å². The van der Waals surface area contributed by atoms with Crippen molar-refractivity contribution in [3.63, 3.8) is 0 Å². The highest BCUT2D eigenvalue weighted by Crippen LogP contribution is 2.03. The maximum atomic E-state index is 10.9. The van der Waals surface area contributed by atoms with E-state index in [1.807, 2.05) is 6.92 Å². The van der Waals surface area contributed by atoms with Gasteiger partial charge in [-0.05, 0) is 19.8 Å². The monoisotopic (exact) mass is 287 g/mol. The van der Waals surface area contributed by atoms with Gasteiger partial charge in [-0.1, -0.05) is 12.8 Å². The number of unbranched alkanes of at least 4 members (excludes halogenated alkanes) is 3. The van der Waals surface area contributed by atoms with Crippen LogP contribution in [0.4, 0.5) is 0 Å². The third-order valence-electron chi connectivity index (χ3n) is 2.73. The van der Waals surface area contributed by atoms with Gasteiger partial charge in [0.25, 0.3) is 0 Å². The van der Waals surface area contributed by atoms with Crippen molar-refractivity contribution in [1.29, 1.82) is 0 Å². The summed E-state index contributed by atoms with van der Waals surface area (Å²) in [5, 5.41) is 6.39. The Morgan fingerprint density at radius 1 is 1.10 bits per heavy atom. The predicted molar refractivity (Wildman–Crippen MR) is 81.0 cm³/mol. The molecule has 0 bridgehead atoms. The molecule has 0 aromatic carbocycles. The Labute approximate surface area is 122 Å². The lowest BCUT2D eigenvalue weighted by molar-refractivity contribution is -0.140. The molecule has 0 heterocycles. The molecule has 0 aliphatic carbocycles. The molecule has 0 aliphatic rings. The summed E-state index contributed by atoms with van der Waals surface area (Å²) in [6, 6.07) is 0. The molecular weight excluding hydrogens is 258 g/mol. The van der Waals surface area contributed by atoms with Crippen molar-refractivity contribution in [2.45, 2.75) is 39.0 Å². The summed E-state index contributed by atoms with van der Waals surface area (Å²) in [5.74, 6) is 0.707. The van der Waals surface area contributed by atoms with Crippen LogP contribution in [0.25, 0.3) is 0 Å². The average Bonchev–Trinajstić information content (AvgIpc) is 2.46. The predicted octanol–water partition coefficient (Wildman–Crippen LogP) is 1.31. The van der Waals surface area contributed by atoms with Gasteiger partial charge < -0.3 is 20.1 Å². The lowest BCUT2D eigenvalue weighted by Gasteiger charge is -2.10. The summed E-state index contributed by atoms with van der Waals surface area (Å²) in [7, 11) is 3.11. The first kappa shape index (κ1) is 18.7. The second kappa shape index (κ2) is 14.1. The molecule has 2 N–H and O–H groups in total. The van der Waals surface area contributed by atoms with Gasteiger partial charge in [-0.3, -0.25) is 9.79 Å². The van der Waals surface area contributed by atoms with Gasteiger partial charge >= 0.3 is 5.97 Å². The zero-order chi connectivity index (χ0) is 15.1. The molecule has 0 saturated heterocycles. The summed E-state index contributed by atoms with van der Waals surface area (Å²) in [6.07, 6.45) is 4.56. The van der Waals surface area contributed by atoms with Crippen LogP contribution < -0.4 is 10.6 Å². The van der Waals surface area contributed by atoms with Gasteiger partial charge in [-0.15, -0.1) is 0 Å². The van der Waals surface area contributed by atoms with Crippen LogP contribution in [-0.2, 0) is 14.3 Å². The number of rotatable bonds is 11. The maximum absolute atomic E-state index is 10.9. The van der Waals surface area contributed by atoms with Crippen LogP contribution in [0.2, 0.25) is 0 Å². The Balaban J connectivity index is 3.63. The van der Waals surface area contributed by atoms with E-state index in [0.717, 1.165) is 51.3 Å². The van der Waals surface area contributed by atoms with Crippen molar-refractivity contribution in [3.05, 3.63) is 0 Å². The highest BCUT2D eigenvalue weighted by Gasteiger charge is 1.99. The van der Waals surface area contributed by atoms with Crippen LogP contribution in [0.5, 0.6) is 0 Å². The molecule has 0 aliphatic heterocycles. The molecule has 0 rings (SSSR count). The smallest absolute Gasteiger partial charge is 0.305 e. The summed E-state index contributed by atoms with van der Waals surface area (Å²) < 4.78 is 9.58. The number of carbonyl (C=O) groups excluding carboxylic acids is 1. The second-order valence-electron chi connectivity index (χ2n) is 4.42. The minimum Gasteiger partial charge on any atom is -0.469 e. The van der Waals surface area contributed by atoms with Gasteiger partial charge in [-0.25, -0.2) is 0 Å². The number of nitrogens with one attached hydrogen (secondary N) is 2. The Bertz CT molecular complexity index is 270. The molecule has 0 aromatic heterocycles. The van der Waals surface area contributed by atoms with E-state index >= 15 is 0 Å². The molecule has 0 unspecified atom stereocenters. The molecule has 0 aromatic rings. The molecule has 0 radical (unpaired) electrons. The molecule has 0 atom stereocenters. The SMILES string of the molecule is CCNC(=NCCCCCCC(=O)OC)NCCOC. The van der Waals surface area contributed by atoms with Gasteiger partial charge in [0.15, 0.2) is 5.96 Å². The summed E-state index contributed by atoms with van der Waals surface area (Å²) >= 11 is 0. The van der Waals surface area contributed by atoms with E-state index in [1.54, 1.807) is 7.11 Å². The number of guanidine groups is 1. The largest absolute Gasteiger partial charge is 0.469 e. The van der Waals surface area contributed by atoms with E-state index in [-0.39, 0.29) is 5.97 Å². The van der Waals surface area contributed by atoms with Gasteiger partial charge in [0.2, 0.25) is 0 Å². The number of esters is 1. The first-order valence-electron chi connectivity index (χ1n) is 7.32. The zero-order valence-corrected chi connectivity index (χ0v) is 13.0. The fourth-order valence-electron chi connectivity index (χ4n) is 1.64. The number of nitrogens with zero attached hydrogens (tertiary/aromatic N) is 1. The molecule has 0 saturated carbocycles. The quantitative estimate of drug-likeness (QED) is 0.259. The Morgan fingerprint density at radius 2 is 1.85 bits per heavy atom. The molecule has 0 amide bonds. The molecule has 0 spiro atoms. The first-order chi connectivity index (χ1) is 9.74. The molecular formula is C14H29N3O3. The van der Waals surface area contributed by atoms with Gasteiger partial charge in [-0.2, -0.15) is 0 Å². The standard InChI is InChI=1S/C14H29N3O3/c1-4-15-14(17-11-12-19-2)16-10-8-6-5-7-9-13(18)20-3/h4-12H2,1-3H3,(H2,15,16,17). The summed E-state index contributed by atoms with van der Waals surface area (Å²) in [4.78, 5) is 15.4. The number of hydrogen-bond donors (Lipinski definition) is 2. The van der Waals surface area contributed by atoms with E-state index < -0.39 is 0 Å². The van der Waals surface area contributed by atoms with Crippen LogP contribution in [0.3, 0.4) is 0 Å². The molecule has 20 heavy (non-hydrogen) atoms. The Morgan fingerprint density at radius 3 is 2.50 bits per heavy atom. The normalized spacial score (nSPS) is 11.2. The number of methoxy groups -OCH3 is 2. The highest BCUT2D eigenvalue weighted by atomic mass is 16.5. The van der Waals surface area contributed by atoms with Crippen molar-refractivity contribution in [1.82, 2.24) is 10.6 Å². The Hall–Kier alpha value is -1.30. The molecule has 6 heteroatoms. The number of hydrogen-bond acceptors (Lipinski definition) is 4. The Kier molecular flexibility index (Phi) is 13.2. The number of carbonyl (C=O) groups is 1. The van der Waals surface area contributed by atoms with Crippen LogP contribution in [0.15, 0.2) is 4.99 Å². The molecule has 6 nitrogen and oxygen atoms in total. The van der Waals surface area contributed by atoms with Gasteiger partial charge in [0.1, 0.15) is 0 Å². The van der Waals surface area contributed by atoms with Crippen molar-refractivity contribution in [2.24, 2.45) is 4.99 Å². The highest BCUT2D eigenvalue weighted by molar-refractivity contribution is 5.79. The average molecular weight is 287 g/mol. The molecule has 0 fully saturated rings. The summed E-state index contributed by atoms with van der Waals surface area (Å²) in [5.41, 5.74) is 0. The number of ether oxygens (including phenoxy) is 2. The molecule has 118 valence electrons. The topological polar surface area (TPSA) is 72.0 Å². The van der Waals surface area contributed by atoms with Gasteiger partial charge in [0.05, 0.1) is 13.7 Å². The van der Waals surface area contributed by atoms with Crippen LogP contribution in [-0.4, -0.2) is 52.4 Å². The van der Waals surface area contributed by atoms with E-state index in [0.29, 0.717) is 13.0 Å². The van der Waals surface area contributed by atoms with E-state index in [1.165, 1.54) is 7.11 Å². The van der Waals surface area contributed by atoms with Crippen molar-refractivity contribution < 1.29 is 14.3 Å². The minimum absolute atomic E-state index is 0.125. The lowest BCUT2D eigenvalue weighted by Crippen LogP contribution is -2.39.